The van der Waals surface area contributed by atoms with E-state index in [0.717, 1.165) is 45.4 Å². The molecule has 0 bridgehead atoms. The first-order valence-corrected chi connectivity index (χ1v) is 15.5. The number of hydrogen-bond acceptors (Lipinski definition) is 4. The van der Waals surface area contributed by atoms with Crippen molar-refractivity contribution in [3.8, 4) is 33.4 Å². The Morgan fingerprint density at radius 1 is 0.622 bits per heavy atom. The third kappa shape index (κ3) is 7.51. The van der Waals surface area contributed by atoms with Gasteiger partial charge in [-0.2, -0.15) is 0 Å². The maximum atomic E-state index is 12.3. The molecule has 0 saturated carbocycles. The van der Waals surface area contributed by atoms with Gasteiger partial charge in [0, 0.05) is 12.2 Å². The lowest BCUT2D eigenvalue weighted by molar-refractivity contribution is -0.149. The molecule has 0 saturated heterocycles. The number of fused-ring (bicyclic) bond motifs is 3. The van der Waals surface area contributed by atoms with Gasteiger partial charge >= 0.3 is 11.9 Å². The fraction of sp³-hybridized carbons (Fsp3) is 0.268. The molecule has 4 aromatic carbocycles. The standard InChI is InChI=1S/C41H42O4/c1-26-23-31(15-13-28(26)17-21-37(42)44-40(3,4)5)34-19-20-35-33-12-10-9-11-30(33)25-36(35)39(34)32-16-14-29(27(2)24-32)18-22-38(43)45-41(6,7)8/h9-24H,25H2,1-8H3. The molecule has 4 heteroatoms. The predicted octanol–water partition coefficient (Wildman–Crippen LogP) is 9.92. The molecule has 0 aromatic heterocycles. The second kappa shape index (κ2) is 12.4. The fourth-order valence-electron chi connectivity index (χ4n) is 5.82. The molecule has 0 aliphatic heterocycles. The molecular formula is C41H42O4. The van der Waals surface area contributed by atoms with E-state index < -0.39 is 11.2 Å². The lowest BCUT2D eigenvalue weighted by Gasteiger charge is -2.18. The lowest BCUT2D eigenvalue weighted by atomic mass is 9.86. The topological polar surface area (TPSA) is 52.6 Å². The molecule has 0 fully saturated rings. The van der Waals surface area contributed by atoms with E-state index in [1.54, 1.807) is 0 Å². The SMILES string of the molecule is Cc1cc(-c2ccc3c(c2-c2ccc(C=CC(=O)OC(C)(C)C)c(C)c2)Cc2ccccc2-3)ccc1C=CC(=O)OC(C)(C)C. The first-order chi connectivity index (χ1) is 21.2. The second-order valence-electron chi connectivity index (χ2n) is 13.7. The smallest absolute Gasteiger partial charge is 0.331 e. The van der Waals surface area contributed by atoms with E-state index in [0.29, 0.717) is 0 Å². The van der Waals surface area contributed by atoms with Crippen LogP contribution in [0.2, 0.25) is 0 Å². The number of carbonyl (C=O) groups excluding carboxylic acids is 2. The zero-order valence-electron chi connectivity index (χ0n) is 27.6. The second-order valence-corrected chi connectivity index (χ2v) is 13.7. The van der Waals surface area contributed by atoms with Gasteiger partial charge in [0.15, 0.2) is 0 Å². The number of aryl methyl sites for hydroxylation is 2. The van der Waals surface area contributed by atoms with Crippen molar-refractivity contribution in [1.82, 2.24) is 0 Å². The van der Waals surface area contributed by atoms with Gasteiger partial charge in [0.25, 0.3) is 0 Å². The zero-order valence-corrected chi connectivity index (χ0v) is 27.6. The zero-order chi connectivity index (χ0) is 32.5. The molecule has 0 unspecified atom stereocenters. The van der Waals surface area contributed by atoms with E-state index in [9.17, 15) is 9.59 Å². The Hall–Kier alpha value is -4.70. The molecule has 0 heterocycles. The van der Waals surface area contributed by atoms with Crippen LogP contribution in [0.1, 0.15) is 74.9 Å². The average Bonchev–Trinajstić information content (AvgIpc) is 3.32. The fourth-order valence-corrected chi connectivity index (χ4v) is 5.82. The van der Waals surface area contributed by atoms with Gasteiger partial charge in [-0.25, -0.2) is 9.59 Å². The van der Waals surface area contributed by atoms with E-state index >= 15 is 0 Å². The minimum absolute atomic E-state index is 0.355. The Kier molecular flexibility index (Phi) is 8.71. The number of carbonyl (C=O) groups is 2. The summed E-state index contributed by atoms with van der Waals surface area (Å²) in [7, 11) is 0. The van der Waals surface area contributed by atoms with Crippen molar-refractivity contribution in [3.63, 3.8) is 0 Å². The Morgan fingerprint density at radius 3 is 1.69 bits per heavy atom. The van der Waals surface area contributed by atoms with Crippen molar-refractivity contribution in [2.24, 2.45) is 0 Å². The molecule has 0 radical (unpaired) electrons. The van der Waals surface area contributed by atoms with Crippen LogP contribution in [0.5, 0.6) is 0 Å². The van der Waals surface area contributed by atoms with Crippen molar-refractivity contribution in [3.05, 3.63) is 118 Å². The van der Waals surface area contributed by atoms with E-state index in [1.807, 2.05) is 53.7 Å². The summed E-state index contributed by atoms with van der Waals surface area (Å²) < 4.78 is 10.9. The number of esters is 2. The molecule has 0 N–H and O–H groups in total. The molecular weight excluding hydrogens is 556 g/mol. The predicted molar refractivity (Wildman–Crippen MR) is 185 cm³/mol. The van der Waals surface area contributed by atoms with Gasteiger partial charge < -0.3 is 9.47 Å². The van der Waals surface area contributed by atoms with Crippen LogP contribution >= 0.6 is 0 Å². The first kappa shape index (κ1) is 31.7. The van der Waals surface area contributed by atoms with Crippen molar-refractivity contribution in [2.45, 2.75) is 73.0 Å². The number of hydrogen-bond donors (Lipinski definition) is 0. The molecule has 45 heavy (non-hydrogen) atoms. The molecule has 5 rings (SSSR count). The van der Waals surface area contributed by atoms with Gasteiger partial charge in [-0.3, -0.25) is 0 Å². The molecule has 0 spiro atoms. The summed E-state index contributed by atoms with van der Waals surface area (Å²) in [5, 5.41) is 0. The lowest BCUT2D eigenvalue weighted by Crippen LogP contribution is -2.22. The quantitative estimate of drug-likeness (QED) is 0.144. The Morgan fingerprint density at radius 2 is 1.13 bits per heavy atom. The molecule has 1 aliphatic rings. The normalized spacial score (nSPS) is 12.8. The molecule has 0 atom stereocenters. The summed E-state index contributed by atoms with van der Waals surface area (Å²) in [6, 6.07) is 25.9. The number of benzene rings is 4. The highest BCUT2D eigenvalue weighted by atomic mass is 16.6. The number of rotatable bonds is 6. The Labute approximate surface area is 267 Å². The summed E-state index contributed by atoms with van der Waals surface area (Å²) in [6.45, 7) is 15.3. The van der Waals surface area contributed by atoms with E-state index in [1.165, 1.54) is 40.0 Å². The third-order valence-electron chi connectivity index (χ3n) is 7.74. The minimum Gasteiger partial charge on any atom is -0.457 e. The van der Waals surface area contributed by atoms with Crippen LogP contribution in [0, 0.1) is 13.8 Å². The summed E-state index contributed by atoms with van der Waals surface area (Å²) in [6.07, 6.45) is 7.50. The van der Waals surface area contributed by atoms with Crippen molar-refractivity contribution >= 4 is 24.1 Å². The average molecular weight is 599 g/mol. The van der Waals surface area contributed by atoms with Crippen LogP contribution in [0.3, 0.4) is 0 Å². The molecule has 4 aromatic rings. The number of ether oxygens (including phenoxy) is 2. The molecule has 4 nitrogen and oxygen atoms in total. The van der Waals surface area contributed by atoms with Crippen LogP contribution in [-0.4, -0.2) is 23.1 Å². The maximum absolute atomic E-state index is 12.3. The highest BCUT2D eigenvalue weighted by Gasteiger charge is 2.24. The maximum Gasteiger partial charge on any atom is 0.331 e. The summed E-state index contributed by atoms with van der Waals surface area (Å²) in [4.78, 5) is 24.6. The van der Waals surface area contributed by atoms with Gasteiger partial charge in [0.05, 0.1) is 0 Å². The highest BCUT2D eigenvalue weighted by molar-refractivity contribution is 5.95. The van der Waals surface area contributed by atoms with Crippen LogP contribution in [-0.2, 0) is 25.5 Å². The molecule has 230 valence electrons. The van der Waals surface area contributed by atoms with Crippen LogP contribution in [0.25, 0.3) is 45.5 Å². The van der Waals surface area contributed by atoms with Gasteiger partial charge in [-0.1, -0.05) is 72.8 Å². The summed E-state index contributed by atoms with van der Waals surface area (Å²) in [5.41, 5.74) is 12.8. The van der Waals surface area contributed by atoms with Gasteiger partial charge in [0.1, 0.15) is 11.2 Å². The molecule has 0 amide bonds. The van der Waals surface area contributed by atoms with E-state index in [4.69, 9.17) is 9.47 Å². The van der Waals surface area contributed by atoms with Crippen LogP contribution in [0.4, 0.5) is 0 Å². The minimum atomic E-state index is -0.535. The third-order valence-corrected chi connectivity index (χ3v) is 7.74. The first-order valence-electron chi connectivity index (χ1n) is 15.5. The van der Waals surface area contributed by atoms with Crippen LogP contribution in [0.15, 0.2) is 84.9 Å². The van der Waals surface area contributed by atoms with Crippen molar-refractivity contribution < 1.29 is 19.1 Å². The van der Waals surface area contributed by atoms with Gasteiger partial charge in [0.2, 0.25) is 0 Å². The van der Waals surface area contributed by atoms with Gasteiger partial charge in [-0.05, 0) is 141 Å². The van der Waals surface area contributed by atoms with Crippen molar-refractivity contribution in [1.29, 1.82) is 0 Å². The van der Waals surface area contributed by atoms with Gasteiger partial charge in [-0.15, -0.1) is 0 Å². The van der Waals surface area contributed by atoms with Crippen LogP contribution < -0.4 is 0 Å². The Bertz CT molecular complexity index is 1840. The summed E-state index contributed by atoms with van der Waals surface area (Å²) in [5.74, 6) is -0.710. The monoisotopic (exact) mass is 598 g/mol. The highest BCUT2D eigenvalue weighted by Crippen LogP contribution is 2.46. The van der Waals surface area contributed by atoms with E-state index in [2.05, 4.69) is 86.6 Å². The summed E-state index contributed by atoms with van der Waals surface area (Å²) >= 11 is 0. The Balaban J connectivity index is 1.55. The largest absolute Gasteiger partial charge is 0.457 e. The molecule has 1 aliphatic carbocycles. The van der Waals surface area contributed by atoms with E-state index in [-0.39, 0.29) is 11.9 Å². The van der Waals surface area contributed by atoms with Crippen molar-refractivity contribution in [2.75, 3.05) is 0 Å².